The summed E-state index contributed by atoms with van der Waals surface area (Å²) in [5.41, 5.74) is 1.11. The molecule has 0 spiro atoms. The zero-order valence-electron chi connectivity index (χ0n) is 15.9. The van der Waals surface area contributed by atoms with Crippen LogP contribution >= 0.6 is 15.9 Å². The Kier molecular flexibility index (Phi) is 6.73. The van der Waals surface area contributed by atoms with Gasteiger partial charge in [-0.25, -0.2) is 12.8 Å². The minimum Gasteiger partial charge on any atom is -0.494 e. The molecule has 2 N–H and O–H groups in total. The van der Waals surface area contributed by atoms with E-state index in [0.717, 1.165) is 4.47 Å². The van der Waals surface area contributed by atoms with Crippen molar-refractivity contribution in [3.63, 3.8) is 0 Å². The quantitative estimate of drug-likeness (QED) is 0.514. The van der Waals surface area contributed by atoms with E-state index in [-0.39, 0.29) is 22.8 Å². The molecule has 9 heteroatoms. The van der Waals surface area contributed by atoms with Gasteiger partial charge in [-0.15, -0.1) is 0 Å². The molecule has 0 unspecified atom stereocenters. The van der Waals surface area contributed by atoms with Gasteiger partial charge in [-0.2, -0.15) is 0 Å². The highest BCUT2D eigenvalue weighted by atomic mass is 79.9. The summed E-state index contributed by atoms with van der Waals surface area (Å²) in [7, 11) is -2.50. The second-order valence-corrected chi connectivity index (χ2v) is 8.89. The third kappa shape index (κ3) is 5.37. The van der Waals surface area contributed by atoms with E-state index in [0.29, 0.717) is 11.3 Å². The van der Waals surface area contributed by atoms with Gasteiger partial charge in [0.1, 0.15) is 0 Å². The summed E-state index contributed by atoms with van der Waals surface area (Å²) in [4.78, 5) is 12.4. The molecule has 1 amide bonds. The summed E-state index contributed by atoms with van der Waals surface area (Å²) in [6.07, 6.45) is 0. The highest BCUT2D eigenvalue weighted by molar-refractivity contribution is 9.10. The Hall–Kier alpha value is -2.91. The van der Waals surface area contributed by atoms with Gasteiger partial charge in [0.15, 0.2) is 11.6 Å². The third-order valence-corrected chi connectivity index (χ3v) is 6.08. The standard InChI is InChI=1S/C21H18BrFN2O4S/c1-29-20-10-5-14(11-19(20)23)13-24-21(26)15-3-2-4-18(12-15)30(27,28)25-17-8-6-16(22)7-9-17/h2-12,25H,13H2,1H3,(H,24,26). The van der Waals surface area contributed by atoms with Crippen molar-refractivity contribution in [1.29, 1.82) is 0 Å². The van der Waals surface area contributed by atoms with Crippen molar-refractivity contribution in [2.45, 2.75) is 11.4 Å². The van der Waals surface area contributed by atoms with Crippen LogP contribution in [0, 0.1) is 5.82 Å². The molecule has 156 valence electrons. The lowest BCUT2D eigenvalue weighted by atomic mass is 10.2. The molecule has 0 fully saturated rings. The number of nitrogens with one attached hydrogen (secondary N) is 2. The van der Waals surface area contributed by atoms with Crippen LogP contribution in [0.3, 0.4) is 0 Å². The van der Waals surface area contributed by atoms with Crippen molar-refractivity contribution in [1.82, 2.24) is 5.32 Å². The van der Waals surface area contributed by atoms with Gasteiger partial charge >= 0.3 is 0 Å². The lowest BCUT2D eigenvalue weighted by Gasteiger charge is -2.10. The topological polar surface area (TPSA) is 84.5 Å². The van der Waals surface area contributed by atoms with E-state index < -0.39 is 21.7 Å². The van der Waals surface area contributed by atoms with Crippen LogP contribution in [0.5, 0.6) is 5.75 Å². The fourth-order valence-corrected chi connectivity index (χ4v) is 4.01. The van der Waals surface area contributed by atoms with Crippen LogP contribution in [-0.4, -0.2) is 21.4 Å². The average Bonchev–Trinajstić information content (AvgIpc) is 2.73. The summed E-state index contributed by atoms with van der Waals surface area (Å²) < 4.78 is 47.2. The zero-order chi connectivity index (χ0) is 21.7. The summed E-state index contributed by atoms with van der Waals surface area (Å²) >= 11 is 3.29. The Morgan fingerprint density at radius 1 is 1.07 bits per heavy atom. The first-order valence-corrected chi connectivity index (χ1v) is 11.1. The number of hydrogen-bond acceptors (Lipinski definition) is 4. The smallest absolute Gasteiger partial charge is 0.261 e. The van der Waals surface area contributed by atoms with Crippen molar-refractivity contribution in [2.75, 3.05) is 11.8 Å². The predicted octanol–water partition coefficient (Wildman–Crippen LogP) is 4.33. The monoisotopic (exact) mass is 492 g/mol. The summed E-state index contributed by atoms with van der Waals surface area (Å²) in [5.74, 6) is -0.899. The second-order valence-electron chi connectivity index (χ2n) is 6.29. The van der Waals surface area contributed by atoms with Crippen molar-refractivity contribution < 1.29 is 22.3 Å². The van der Waals surface area contributed by atoms with E-state index in [2.05, 4.69) is 26.0 Å². The van der Waals surface area contributed by atoms with Crippen LogP contribution in [-0.2, 0) is 16.6 Å². The first-order valence-electron chi connectivity index (χ1n) is 8.77. The number of ether oxygens (including phenoxy) is 1. The largest absolute Gasteiger partial charge is 0.494 e. The SMILES string of the molecule is COc1ccc(CNC(=O)c2cccc(S(=O)(=O)Nc3ccc(Br)cc3)c2)cc1F. The molecule has 0 aliphatic carbocycles. The normalized spacial score (nSPS) is 11.0. The number of rotatable bonds is 7. The van der Waals surface area contributed by atoms with Gasteiger partial charge in [0.05, 0.1) is 12.0 Å². The van der Waals surface area contributed by atoms with Crippen molar-refractivity contribution in [2.24, 2.45) is 0 Å². The molecule has 6 nitrogen and oxygen atoms in total. The Bertz CT molecular complexity index is 1170. The van der Waals surface area contributed by atoms with Crippen LogP contribution in [0.1, 0.15) is 15.9 Å². The van der Waals surface area contributed by atoms with E-state index in [1.165, 1.54) is 43.5 Å². The van der Waals surface area contributed by atoms with Gasteiger partial charge in [0.25, 0.3) is 15.9 Å². The van der Waals surface area contributed by atoms with Crippen LogP contribution < -0.4 is 14.8 Å². The zero-order valence-corrected chi connectivity index (χ0v) is 18.3. The predicted molar refractivity (Wildman–Crippen MR) is 116 cm³/mol. The Morgan fingerprint density at radius 2 is 1.80 bits per heavy atom. The van der Waals surface area contributed by atoms with Gasteiger partial charge in [0, 0.05) is 22.3 Å². The first kappa shape index (κ1) is 21.8. The summed E-state index contributed by atoms with van der Waals surface area (Å²) in [5, 5.41) is 2.65. The van der Waals surface area contributed by atoms with Crippen molar-refractivity contribution in [3.05, 3.63) is 88.1 Å². The number of benzene rings is 3. The number of sulfonamides is 1. The first-order chi connectivity index (χ1) is 14.3. The number of carbonyl (C=O) groups is 1. The third-order valence-electron chi connectivity index (χ3n) is 4.17. The molecule has 0 radical (unpaired) electrons. The molecule has 0 heterocycles. The maximum Gasteiger partial charge on any atom is 0.261 e. The van der Waals surface area contributed by atoms with Gasteiger partial charge in [-0.05, 0) is 60.2 Å². The minimum absolute atomic E-state index is 0.0476. The van der Waals surface area contributed by atoms with E-state index in [1.54, 1.807) is 30.3 Å². The van der Waals surface area contributed by atoms with Gasteiger partial charge in [0.2, 0.25) is 0 Å². The lowest BCUT2D eigenvalue weighted by molar-refractivity contribution is 0.0950. The van der Waals surface area contributed by atoms with Crippen LogP contribution in [0.15, 0.2) is 76.1 Å². The van der Waals surface area contributed by atoms with Crippen LogP contribution in [0.2, 0.25) is 0 Å². The number of anilines is 1. The van der Waals surface area contributed by atoms with E-state index >= 15 is 0 Å². The number of methoxy groups -OCH3 is 1. The molecular weight excluding hydrogens is 475 g/mol. The fourth-order valence-electron chi connectivity index (χ4n) is 2.64. The van der Waals surface area contributed by atoms with Crippen molar-refractivity contribution in [3.8, 4) is 5.75 Å². The van der Waals surface area contributed by atoms with Gasteiger partial charge < -0.3 is 10.1 Å². The molecule has 0 aliphatic heterocycles. The number of amides is 1. The molecule has 0 aromatic heterocycles. The van der Waals surface area contributed by atoms with Crippen molar-refractivity contribution >= 4 is 37.5 Å². The summed E-state index contributed by atoms with van der Waals surface area (Å²) in [6, 6.07) is 16.7. The Labute approximate surface area is 182 Å². The highest BCUT2D eigenvalue weighted by Gasteiger charge is 2.17. The number of carbonyl (C=O) groups excluding carboxylic acids is 1. The number of hydrogen-bond donors (Lipinski definition) is 2. The Balaban J connectivity index is 1.71. The molecule has 0 saturated carbocycles. The molecule has 3 aromatic carbocycles. The number of halogens is 2. The fraction of sp³-hybridized carbons (Fsp3) is 0.0952. The van der Waals surface area contributed by atoms with Gasteiger partial charge in [-0.1, -0.05) is 28.1 Å². The molecule has 0 saturated heterocycles. The lowest BCUT2D eigenvalue weighted by Crippen LogP contribution is -2.23. The van der Waals surface area contributed by atoms with E-state index in [1.807, 2.05) is 0 Å². The van der Waals surface area contributed by atoms with Crippen LogP contribution in [0.4, 0.5) is 10.1 Å². The van der Waals surface area contributed by atoms with E-state index in [9.17, 15) is 17.6 Å². The molecule has 0 atom stereocenters. The molecule has 0 bridgehead atoms. The molecular formula is C21H18BrFN2O4S. The maximum atomic E-state index is 13.8. The summed E-state index contributed by atoms with van der Waals surface area (Å²) in [6.45, 7) is 0.0773. The van der Waals surface area contributed by atoms with Crippen LogP contribution in [0.25, 0.3) is 0 Å². The highest BCUT2D eigenvalue weighted by Crippen LogP contribution is 2.20. The minimum atomic E-state index is -3.87. The average molecular weight is 493 g/mol. The van der Waals surface area contributed by atoms with Gasteiger partial charge in [-0.3, -0.25) is 9.52 Å². The second kappa shape index (κ2) is 9.27. The van der Waals surface area contributed by atoms with E-state index in [4.69, 9.17) is 4.74 Å². The maximum absolute atomic E-state index is 13.8. The Morgan fingerprint density at radius 3 is 2.47 bits per heavy atom. The molecule has 3 rings (SSSR count). The molecule has 3 aromatic rings. The molecule has 0 aliphatic rings. The molecule has 30 heavy (non-hydrogen) atoms.